The molecule has 4 aromatic rings. The van der Waals surface area contributed by atoms with E-state index in [4.69, 9.17) is 4.74 Å². The summed E-state index contributed by atoms with van der Waals surface area (Å²) >= 11 is 1.38. The van der Waals surface area contributed by atoms with E-state index < -0.39 is 0 Å². The first-order valence-corrected chi connectivity index (χ1v) is 9.64. The Hall–Kier alpha value is -3.25. The number of hydrogen-bond donors (Lipinski definition) is 1. The molecular weight excluding hydrogens is 375 g/mol. The van der Waals surface area contributed by atoms with E-state index in [1.807, 2.05) is 42.5 Å². The Bertz CT molecular complexity index is 1130. The lowest BCUT2D eigenvalue weighted by molar-refractivity contribution is -0.123. The summed E-state index contributed by atoms with van der Waals surface area (Å²) in [4.78, 5) is 16.5. The van der Waals surface area contributed by atoms with Crippen molar-refractivity contribution in [3.8, 4) is 17.0 Å². The van der Waals surface area contributed by atoms with E-state index in [2.05, 4.69) is 10.3 Å². The number of halogens is 1. The van der Waals surface area contributed by atoms with Crippen LogP contribution in [-0.2, 0) is 11.3 Å². The first-order chi connectivity index (χ1) is 13.7. The number of ether oxygens (including phenoxy) is 1. The number of hydrogen-bond acceptors (Lipinski definition) is 4. The summed E-state index contributed by atoms with van der Waals surface area (Å²) in [6, 6.07) is 20.2. The van der Waals surface area contributed by atoms with Gasteiger partial charge in [0.1, 0.15) is 16.6 Å². The van der Waals surface area contributed by atoms with Crippen molar-refractivity contribution in [2.24, 2.45) is 0 Å². The van der Waals surface area contributed by atoms with Crippen molar-refractivity contribution in [1.82, 2.24) is 10.3 Å². The third-order valence-electron chi connectivity index (χ3n) is 4.23. The highest BCUT2D eigenvalue weighted by atomic mass is 32.1. The summed E-state index contributed by atoms with van der Waals surface area (Å²) in [5, 5.41) is 7.44. The zero-order chi connectivity index (χ0) is 19.3. The Morgan fingerprint density at radius 3 is 2.68 bits per heavy atom. The second kappa shape index (κ2) is 8.19. The summed E-state index contributed by atoms with van der Waals surface area (Å²) in [6.07, 6.45) is 0. The number of amides is 1. The van der Waals surface area contributed by atoms with Crippen LogP contribution in [0.25, 0.3) is 22.0 Å². The highest BCUT2D eigenvalue weighted by molar-refractivity contribution is 7.09. The van der Waals surface area contributed by atoms with Gasteiger partial charge >= 0.3 is 0 Å². The summed E-state index contributed by atoms with van der Waals surface area (Å²) in [5.41, 5.74) is 1.02. The van der Waals surface area contributed by atoms with Crippen molar-refractivity contribution in [2.45, 2.75) is 6.54 Å². The molecule has 0 atom stereocenters. The van der Waals surface area contributed by atoms with Gasteiger partial charge in [-0.1, -0.05) is 42.5 Å². The molecule has 28 heavy (non-hydrogen) atoms. The quantitative estimate of drug-likeness (QED) is 0.513. The van der Waals surface area contributed by atoms with Crippen molar-refractivity contribution in [1.29, 1.82) is 0 Å². The van der Waals surface area contributed by atoms with Gasteiger partial charge in [-0.25, -0.2) is 9.37 Å². The number of nitrogens with one attached hydrogen (secondary N) is 1. The maximum Gasteiger partial charge on any atom is 0.258 e. The van der Waals surface area contributed by atoms with Crippen LogP contribution in [0, 0.1) is 5.82 Å². The third-order valence-corrected chi connectivity index (χ3v) is 5.08. The van der Waals surface area contributed by atoms with Gasteiger partial charge in [0.15, 0.2) is 6.61 Å². The van der Waals surface area contributed by atoms with Gasteiger partial charge in [0.05, 0.1) is 12.2 Å². The molecule has 1 aromatic heterocycles. The van der Waals surface area contributed by atoms with Gasteiger partial charge in [-0.05, 0) is 35.0 Å². The number of fused-ring (bicyclic) bond motifs is 1. The highest BCUT2D eigenvalue weighted by Crippen LogP contribution is 2.24. The molecule has 0 aliphatic carbocycles. The lowest BCUT2D eigenvalue weighted by Gasteiger charge is -2.07. The molecular formula is C22H17FN2O2S. The number of benzene rings is 3. The van der Waals surface area contributed by atoms with Crippen molar-refractivity contribution in [3.63, 3.8) is 0 Å². The van der Waals surface area contributed by atoms with E-state index >= 15 is 0 Å². The molecule has 4 rings (SSSR count). The van der Waals surface area contributed by atoms with E-state index in [0.29, 0.717) is 22.0 Å². The molecule has 0 saturated carbocycles. The molecule has 0 aliphatic rings. The van der Waals surface area contributed by atoms with Gasteiger partial charge in [-0.3, -0.25) is 4.79 Å². The fourth-order valence-electron chi connectivity index (χ4n) is 2.82. The fraction of sp³-hybridized carbons (Fsp3) is 0.0909. The molecule has 0 bridgehead atoms. The summed E-state index contributed by atoms with van der Waals surface area (Å²) in [7, 11) is 0. The number of rotatable bonds is 6. The van der Waals surface area contributed by atoms with Crippen LogP contribution in [-0.4, -0.2) is 17.5 Å². The zero-order valence-electron chi connectivity index (χ0n) is 14.9. The molecule has 1 heterocycles. The Morgan fingerprint density at radius 1 is 1.04 bits per heavy atom. The van der Waals surface area contributed by atoms with E-state index in [9.17, 15) is 9.18 Å². The predicted octanol–water partition coefficient (Wildman–Crippen LogP) is 4.80. The number of thiazole rings is 1. The molecule has 0 spiro atoms. The summed E-state index contributed by atoms with van der Waals surface area (Å²) in [5.74, 6) is 0.0907. The van der Waals surface area contributed by atoms with Crippen molar-refractivity contribution in [3.05, 3.63) is 82.9 Å². The number of aromatic nitrogens is 1. The SMILES string of the molecule is O=C(COc1ccc2ccccc2c1)NCc1nc(-c2ccccc2F)cs1. The van der Waals surface area contributed by atoms with E-state index in [1.165, 1.54) is 17.4 Å². The molecule has 0 aliphatic heterocycles. The predicted molar refractivity (Wildman–Crippen MR) is 109 cm³/mol. The standard InChI is InChI=1S/C22H17FN2O2S/c23-19-8-4-3-7-18(19)20-14-28-22(25-20)12-24-21(26)13-27-17-10-9-15-5-1-2-6-16(15)11-17/h1-11,14H,12-13H2,(H,24,26). The first kappa shape index (κ1) is 18.1. The minimum atomic E-state index is -0.313. The fourth-order valence-corrected chi connectivity index (χ4v) is 3.55. The van der Waals surface area contributed by atoms with Gasteiger partial charge in [0, 0.05) is 10.9 Å². The minimum Gasteiger partial charge on any atom is -0.484 e. The molecule has 6 heteroatoms. The van der Waals surface area contributed by atoms with Gasteiger partial charge < -0.3 is 10.1 Å². The highest BCUT2D eigenvalue weighted by Gasteiger charge is 2.10. The number of carbonyl (C=O) groups is 1. The van der Waals surface area contributed by atoms with Crippen LogP contribution in [0.4, 0.5) is 4.39 Å². The molecule has 4 nitrogen and oxygen atoms in total. The number of nitrogens with zero attached hydrogens (tertiary/aromatic N) is 1. The van der Waals surface area contributed by atoms with Crippen LogP contribution in [0.2, 0.25) is 0 Å². The first-order valence-electron chi connectivity index (χ1n) is 8.77. The van der Waals surface area contributed by atoms with E-state index in [1.54, 1.807) is 23.6 Å². The summed E-state index contributed by atoms with van der Waals surface area (Å²) in [6.45, 7) is 0.197. The van der Waals surface area contributed by atoms with E-state index in [0.717, 1.165) is 10.8 Å². The average molecular weight is 392 g/mol. The molecule has 0 saturated heterocycles. The molecule has 0 fully saturated rings. The number of carbonyl (C=O) groups excluding carboxylic acids is 1. The van der Waals surface area contributed by atoms with Crippen LogP contribution in [0.5, 0.6) is 5.75 Å². The Morgan fingerprint density at radius 2 is 1.82 bits per heavy atom. The molecule has 0 unspecified atom stereocenters. The van der Waals surface area contributed by atoms with Crippen LogP contribution in [0.1, 0.15) is 5.01 Å². The van der Waals surface area contributed by atoms with Crippen LogP contribution >= 0.6 is 11.3 Å². The van der Waals surface area contributed by atoms with Crippen LogP contribution < -0.4 is 10.1 Å². The second-order valence-corrected chi connectivity index (χ2v) is 7.12. The molecule has 1 N–H and O–H groups in total. The molecule has 0 radical (unpaired) electrons. The minimum absolute atomic E-state index is 0.0795. The van der Waals surface area contributed by atoms with Crippen molar-refractivity contribution >= 4 is 28.0 Å². The van der Waals surface area contributed by atoms with Crippen molar-refractivity contribution < 1.29 is 13.9 Å². The van der Waals surface area contributed by atoms with E-state index in [-0.39, 0.29) is 24.9 Å². The maximum atomic E-state index is 13.8. The van der Waals surface area contributed by atoms with Crippen LogP contribution in [0.15, 0.2) is 72.1 Å². The third kappa shape index (κ3) is 4.18. The summed E-state index contributed by atoms with van der Waals surface area (Å²) < 4.78 is 19.4. The maximum absolute atomic E-state index is 13.8. The van der Waals surface area contributed by atoms with Gasteiger partial charge in [-0.2, -0.15) is 0 Å². The Labute approximate surface area is 165 Å². The topological polar surface area (TPSA) is 51.2 Å². The Balaban J connectivity index is 1.31. The Kier molecular flexibility index (Phi) is 5.30. The van der Waals surface area contributed by atoms with Crippen LogP contribution in [0.3, 0.4) is 0 Å². The smallest absolute Gasteiger partial charge is 0.258 e. The normalized spacial score (nSPS) is 10.8. The van der Waals surface area contributed by atoms with Gasteiger partial charge in [0.2, 0.25) is 0 Å². The van der Waals surface area contributed by atoms with Gasteiger partial charge in [0.25, 0.3) is 5.91 Å². The average Bonchev–Trinajstić information content (AvgIpc) is 3.19. The zero-order valence-corrected chi connectivity index (χ0v) is 15.7. The van der Waals surface area contributed by atoms with Gasteiger partial charge in [-0.15, -0.1) is 11.3 Å². The molecule has 1 amide bonds. The molecule has 140 valence electrons. The lowest BCUT2D eigenvalue weighted by atomic mass is 10.1. The van der Waals surface area contributed by atoms with Crippen molar-refractivity contribution in [2.75, 3.05) is 6.61 Å². The largest absolute Gasteiger partial charge is 0.484 e. The molecule has 3 aromatic carbocycles. The second-order valence-electron chi connectivity index (χ2n) is 6.18. The monoisotopic (exact) mass is 392 g/mol. The lowest BCUT2D eigenvalue weighted by Crippen LogP contribution is -2.28.